The molecule has 0 radical (unpaired) electrons. The maximum Gasteiger partial charge on any atom is 0.221 e. The molecular formula is C11H25NO2S. The van der Waals surface area contributed by atoms with Crippen LogP contribution in [0.2, 0.25) is 0 Å². The van der Waals surface area contributed by atoms with Crippen molar-refractivity contribution >= 4 is 10.2 Å². The molecule has 1 aliphatic heterocycles. The molecule has 0 aromatic rings. The van der Waals surface area contributed by atoms with Crippen molar-refractivity contribution in [2.45, 2.75) is 52.0 Å². The SMILES string of the molecule is CC(C)(C)OC(O)NS1(C)CCCCC1. The first-order valence-electron chi connectivity index (χ1n) is 5.68. The maximum atomic E-state index is 9.79. The topological polar surface area (TPSA) is 41.5 Å². The minimum Gasteiger partial charge on any atom is -0.355 e. The number of hydrogen-bond donors (Lipinski definition) is 2. The molecule has 1 saturated heterocycles. The van der Waals surface area contributed by atoms with Crippen molar-refractivity contribution in [2.24, 2.45) is 0 Å². The third-order valence-electron chi connectivity index (χ3n) is 2.54. The molecule has 4 heteroatoms. The molecule has 1 aliphatic rings. The molecule has 0 spiro atoms. The van der Waals surface area contributed by atoms with Gasteiger partial charge in [-0.1, -0.05) is 6.42 Å². The van der Waals surface area contributed by atoms with E-state index in [1.54, 1.807) is 0 Å². The number of rotatable bonds is 3. The summed E-state index contributed by atoms with van der Waals surface area (Å²) in [6, 6.07) is 0. The van der Waals surface area contributed by atoms with E-state index < -0.39 is 16.6 Å². The Kier molecular flexibility index (Phi) is 4.47. The highest BCUT2D eigenvalue weighted by Crippen LogP contribution is 2.45. The smallest absolute Gasteiger partial charge is 0.221 e. The van der Waals surface area contributed by atoms with Crippen molar-refractivity contribution in [1.29, 1.82) is 0 Å². The average molecular weight is 235 g/mol. The third-order valence-corrected chi connectivity index (χ3v) is 5.69. The number of aliphatic hydroxyl groups is 1. The van der Waals surface area contributed by atoms with E-state index in [0.29, 0.717) is 0 Å². The van der Waals surface area contributed by atoms with E-state index in [-0.39, 0.29) is 5.60 Å². The van der Waals surface area contributed by atoms with Crippen LogP contribution in [0.1, 0.15) is 40.0 Å². The van der Waals surface area contributed by atoms with Crippen molar-refractivity contribution < 1.29 is 9.84 Å². The van der Waals surface area contributed by atoms with Crippen LogP contribution in [-0.2, 0) is 4.74 Å². The van der Waals surface area contributed by atoms with Gasteiger partial charge in [-0.05, 0) is 51.4 Å². The van der Waals surface area contributed by atoms with Gasteiger partial charge in [0.15, 0.2) is 0 Å². The standard InChI is InChI=1S/C11H25NO2S/c1-11(2,3)14-10(13)12-15(4)8-6-5-7-9-15/h10,12-13H,5-9H2,1-4H3. The summed E-state index contributed by atoms with van der Waals surface area (Å²) in [6.45, 7) is 5.86. The number of ether oxygens (including phenoxy) is 1. The number of aliphatic hydroxyl groups excluding tert-OH is 1. The highest BCUT2D eigenvalue weighted by molar-refractivity contribution is 8.31. The summed E-state index contributed by atoms with van der Waals surface area (Å²) >= 11 is 0. The van der Waals surface area contributed by atoms with Gasteiger partial charge < -0.3 is 9.84 Å². The van der Waals surface area contributed by atoms with Crippen LogP contribution in [0.25, 0.3) is 0 Å². The summed E-state index contributed by atoms with van der Waals surface area (Å²) in [5.74, 6) is 2.41. The quantitative estimate of drug-likeness (QED) is 0.737. The van der Waals surface area contributed by atoms with Crippen molar-refractivity contribution in [3.8, 4) is 0 Å². The van der Waals surface area contributed by atoms with Gasteiger partial charge in [0.1, 0.15) is 0 Å². The first kappa shape index (κ1) is 13.3. The summed E-state index contributed by atoms with van der Waals surface area (Å²) in [7, 11) is -0.837. The molecule has 1 heterocycles. The Bertz CT molecular complexity index is 197. The fourth-order valence-electron chi connectivity index (χ4n) is 1.84. The molecule has 15 heavy (non-hydrogen) atoms. The average Bonchev–Trinajstić information content (AvgIpc) is 1.99. The Hall–Kier alpha value is 0.230. The van der Waals surface area contributed by atoms with Crippen LogP contribution in [0.3, 0.4) is 0 Å². The van der Waals surface area contributed by atoms with Crippen LogP contribution in [0, 0.1) is 0 Å². The molecule has 3 nitrogen and oxygen atoms in total. The minimum atomic E-state index is -0.837. The fraction of sp³-hybridized carbons (Fsp3) is 1.00. The lowest BCUT2D eigenvalue weighted by Crippen LogP contribution is -2.41. The predicted molar refractivity (Wildman–Crippen MR) is 67.1 cm³/mol. The summed E-state index contributed by atoms with van der Waals surface area (Å²) in [5.41, 5.74) is -0.295. The molecule has 2 N–H and O–H groups in total. The van der Waals surface area contributed by atoms with E-state index in [9.17, 15) is 5.11 Å². The van der Waals surface area contributed by atoms with Gasteiger partial charge in [-0.3, -0.25) is 0 Å². The molecular weight excluding hydrogens is 210 g/mol. The second-order valence-corrected chi connectivity index (χ2v) is 9.04. The molecule has 0 bridgehead atoms. The van der Waals surface area contributed by atoms with E-state index in [0.717, 1.165) is 0 Å². The zero-order valence-corrected chi connectivity index (χ0v) is 11.2. The molecule has 1 unspecified atom stereocenters. The van der Waals surface area contributed by atoms with Gasteiger partial charge in [0.25, 0.3) is 0 Å². The second kappa shape index (κ2) is 5.04. The van der Waals surface area contributed by atoms with Crippen LogP contribution in [-0.4, -0.2) is 34.9 Å². The van der Waals surface area contributed by atoms with E-state index in [4.69, 9.17) is 4.74 Å². The van der Waals surface area contributed by atoms with Gasteiger partial charge >= 0.3 is 0 Å². The lowest BCUT2D eigenvalue weighted by molar-refractivity contribution is -0.169. The van der Waals surface area contributed by atoms with Crippen LogP contribution in [0.4, 0.5) is 0 Å². The first-order valence-corrected chi connectivity index (χ1v) is 8.06. The van der Waals surface area contributed by atoms with Gasteiger partial charge in [0, 0.05) is 0 Å². The monoisotopic (exact) mass is 235 g/mol. The molecule has 0 aromatic carbocycles. The number of hydrogen-bond acceptors (Lipinski definition) is 3. The second-order valence-electron chi connectivity index (χ2n) is 5.44. The van der Waals surface area contributed by atoms with E-state index >= 15 is 0 Å². The lowest BCUT2D eigenvalue weighted by atomic mass is 10.2. The van der Waals surface area contributed by atoms with Gasteiger partial charge in [0.2, 0.25) is 6.41 Å². The first-order chi connectivity index (χ1) is 6.81. The Morgan fingerprint density at radius 2 is 1.73 bits per heavy atom. The normalized spacial score (nSPS) is 25.9. The molecule has 0 saturated carbocycles. The van der Waals surface area contributed by atoms with E-state index in [2.05, 4.69) is 11.0 Å². The largest absolute Gasteiger partial charge is 0.355 e. The van der Waals surface area contributed by atoms with Crippen molar-refractivity contribution in [3.63, 3.8) is 0 Å². The zero-order valence-electron chi connectivity index (χ0n) is 10.4. The van der Waals surface area contributed by atoms with Gasteiger partial charge in [0.05, 0.1) is 5.60 Å². The highest BCUT2D eigenvalue weighted by atomic mass is 32.3. The number of nitrogens with one attached hydrogen (secondary N) is 1. The lowest BCUT2D eigenvalue weighted by Gasteiger charge is -2.42. The minimum absolute atomic E-state index is 0.295. The molecule has 92 valence electrons. The molecule has 1 atom stereocenters. The van der Waals surface area contributed by atoms with Crippen LogP contribution in [0.5, 0.6) is 0 Å². The van der Waals surface area contributed by atoms with E-state index in [1.165, 1.54) is 30.8 Å². The summed E-state index contributed by atoms with van der Waals surface area (Å²) < 4.78 is 8.74. The van der Waals surface area contributed by atoms with Gasteiger partial charge in [-0.25, -0.2) is 4.72 Å². The van der Waals surface area contributed by atoms with Crippen molar-refractivity contribution in [1.82, 2.24) is 4.72 Å². The molecule has 1 rings (SSSR count). The van der Waals surface area contributed by atoms with Crippen LogP contribution in [0.15, 0.2) is 0 Å². The van der Waals surface area contributed by atoms with Gasteiger partial charge in [-0.15, -0.1) is 0 Å². The Labute approximate surface area is 95.0 Å². The summed E-state index contributed by atoms with van der Waals surface area (Å²) in [5, 5.41) is 9.79. The Morgan fingerprint density at radius 1 is 1.20 bits per heavy atom. The molecule has 0 aliphatic carbocycles. The summed E-state index contributed by atoms with van der Waals surface area (Å²) in [4.78, 5) is 0. The molecule has 1 fully saturated rings. The third kappa shape index (κ3) is 5.20. The van der Waals surface area contributed by atoms with E-state index in [1.807, 2.05) is 20.8 Å². The fourth-order valence-corrected chi connectivity index (χ4v) is 4.50. The summed E-state index contributed by atoms with van der Waals surface area (Å²) in [6.07, 6.45) is 5.33. The zero-order chi connectivity index (χ0) is 11.5. The highest BCUT2D eigenvalue weighted by Gasteiger charge is 2.26. The Morgan fingerprint density at radius 3 is 2.20 bits per heavy atom. The van der Waals surface area contributed by atoms with Crippen molar-refractivity contribution in [2.75, 3.05) is 17.8 Å². The molecule has 0 aromatic heterocycles. The van der Waals surface area contributed by atoms with Crippen molar-refractivity contribution in [3.05, 3.63) is 0 Å². The van der Waals surface area contributed by atoms with Gasteiger partial charge in [-0.2, -0.15) is 10.2 Å². The predicted octanol–water partition coefficient (Wildman–Crippen LogP) is 2.20. The van der Waals surface area contributed by atoms with Crippen LogP contribution < -0.4 is 4.72 Å². The van der Waals surface area contributed by atoms with Crippen LogP contribution >= 0.6 is 10.2 Å². The molecule has 0 amide bonds. The Balaban J connectivity index is 2.38. The maximum absolute atomic E-state index is 9.79.